The van der Waals surface area contributed by atoms with Crippen molar-refractivity contribution in [1.29, 1.82) is 0 Å². The predicted molar refractivity (Wildman–Crippen MR) is 119 cm³/mol. The van der Waals surface area contributed by atoms with Crippen molar-refractivity contribution in [2.75, 3.05) is 20.6 Å². The number of benzene rings is 2. The summed E-state index contributed by atoms with van der Waals surface area (Å²) in [6, 6.07) is 17.2. The minimum absolute atomic E-state index is 0.290. The summed E-state index contributed by atoms with van der Waals surface area (Å²) in [4.78, 5) is 40.9. The normalized spacial score (nSPS) is 18.4. The topological polar surface area (TPSA) is 81.8 Å². The van der Waals surface area contributed by atoms with Gasteiger partial charge in [0, 0.05) is 13.1 Å². The van der Waals surface area contributed by atoms with Gasteiger partial charge in [-0.2, -0.15) is 0 Å². The Morgan fingerprint density at radius 1 is 1.03 bits per heavy atom. The van der Waals surface area contributed by atoms with Gasteiger partial charge in [0.25, 0.3) is 5.91 Å². The van der Waals surface area contributed by atoms with E-state index in [1.807, 2.05) is 68.7 Å². The van der Waals surface area contributed by atoms with Crippen LogP contribution in [0.4, 0.5) is 4.79 Å². The summed E-state index contributed by atoms with van der Waals surface area (Å²) in [5.41, 5.74) is 2.22. The number of imide groups is 1. The van der Waals surface area contributed by atoms with E-state index < -0.39 is 11.6 Å². The van der Waals surface area contributed by atoms with E-state index in [4.69, 9.17) is 0 Å². The van der Waals surface area contributed by atoms with Crippen molar-refractivity contribution in [2.45, 2.75) is 38.4 Å². The zero-order chi connectivity index (χ0) is 22.4. The first-order valence-electron chi connectivity index (χ1n) is 10.4. The maximum absolute atomic E-state index is 12.9. The molecular formula is C24H30N4O3. The largest absolute Gasteiger partial charge is 0.350 e. The van der Waals surface area contributed by atoms with Gasteiger partial charge in [-0.05, 0) is 50.6 Å². The third kappa shape index (κ3) is 5.70. The molecular weight excluding hydrogens is 392 g/mol. The van der Waals surface area contributed by atoms with Gasteiger partial charge >= 0.3 is 6.03 Å². The molecule has 1 atom stereocenters. The lowest BCUT2D eigenvalue weighted by molar-refractivity contribution is -0.134. The molecule has 0 spiro atoms. The average molecular weight is 423 g/mol. The molecule has 0 bridgehead atoms. The minimum Gasteiger partial charge on any atom is -0.350 e. The summed E-state index contributed by atoms with van der Waals surface area (Å²) in [7, 11) is 3.98. The molecule has 31 heavy (non-hydrogen) atoms. The molecule has 2 aromatic carbocycles. The number of amides is 4. The Balaban J connectivity index is 1.56. The van der Waals surface area contributed by atoms with Crippen LogP contribution in [0.2, 0.25) is 0 Å². The second kappa shape index (κ2) is 9.75. The first-order valence-corrected chi connectivity index (χ1v) is 10.4. The number of carbonyl (C=O) groups excluding carboxylic acids is 3. The van der Waals surface area contributed by atoms with E-state index in [-0.39, 0.29) is 18.4 Å². The van der Waals surface area contributed by atoms with Gasteiger partial charge in [-0.3, -0.25) is 14.5 Å². The Labute approximate surface area is 183 Å². The predicted octanol–water partition coefficient (Wildman–Crippen LogP) is 2.31. The van der Waals surface area contributed by atoms with Gasteiger partial charge in [-0.15, -0.1) is 0 Å². The minimum atomic E-state index is -1.01. The molecule has 2 N–H and O–H groups in total. The van der Waals surface area contributed by atoms with Crippen LogP contribution >= 0.6 is 0 Å². The van der Waals surface area contributed by atoms with Crippen LogP contribution in [0.3, 0.4) is 0 Å². The van der Waals surface area contributed by atoms with E-state index in [0.717, 1.165) is 28.1 Å². The van der Waals surface area contributed by atoms with Gasteiger partial charge in [-0.1, -0.05) is 54.6 Å². The van der Waals surface area contributed by atoms with Crippen molar-refractivity contribution in [1.82, 2.24) is 20.4 Å². The van der Waals surface area contributed by atoms with Gasteiger partial charge in [-0.25, -0.2) is 4.79 Å². The van der Waals surface area contributed by atoms with Crippen molar-refractivity contribution in [3.8, 4) is 0 Å². The van der Waals surface area contributed by atoms with Crippen LogP contribution < -0.4 is 10.6 Å². The van der Waals surface area contributed by atoms with Crippen molar-refractivity contribution in [2.24, 2.45) is 0 Å². The highest BCUT2D eigenvalue weighted by molar-refractivity contribution is 6.08. The summed E-state index contributed by atoms with van der Waals surface area (Å²) >= 11 is 0. The van der Waals surface area contributed by atoms with E-state index in [9.17, 15) is 14.4 Å². The fourth-order valence-electron chi connectivity index (χ4n) is 3.72. The van der Waals surface area contributed by atoms with Crippen LogP contribution in [-0.2, 0) is 29.1 Å². The highest BCUT2D eigenvalue weighted by Crippen LogP contribution is 2.23. The first-order chi connectivity index (χ1) is 14.8. The number of urea groups is 1. The molecule has 1 aliphatic rings. The van der Waals surface area contributed by atoms with E-state index in [2.05, 4.69) is 15.5 Å². The van der Waals surface area contributed by atoms with Crippen molar-refractivity contribution in [3.63, 3.8) is 0 Å². The quantitative estimate of drug-likeness (QED) is 0.608. The molecule has 1 saturated heterocycles. The van der Waals surface area contributed by atoms with Crippen LogP contribution in [0.15, 0.2) is 54.6 Å². The maximum Gasteiger partial charge on any atom is 0.325 e. The van der Waals surface area contributed by atoms with Gasteiger partial charge < -0.3 is 15.5 Å². The molecule has 0 aliphatic carbocycles. The lowest BCUT2D eigenvalue weighted by Crippen LogP contribution is -2.45. The Morgan fingerprint density at radius 3 is 2.35 bits per heavy atom. The summed E-state index contributed by atoms with van der Waals surface area (Å²) < 4.78 is 0. The maximum atomic E-state index is 12.9. The lowest BCUT2D eigenvalue weighted by atomic mass is 9.93. The van der Waals surface area contributed by atoms with E-state index in [1.165, 1.54) is 0 Å². The summed E-state index contributed by atoms with van der Waals surface area (Å²) in [6.45, 7) is 2.53. The second-order valence-electron chi connectivity index (χ2n) is 8.42. The third-order valence-corrected chi connectivity index (χ3v) is 5.48. The molecule has 4 amide bonds. The Hall–Kier alpha value is -3.19. The number of hydrogen-bond acceptors (Lipinski definition) is 4. The average Bonchev–Trinajstić information content (AvgIpc) is 2.95. The monoisotopic (exact) mass is 422 g/mol. The Bertz CT molecular complexity index is 945. The zero-order valence-electron chi connectivity index (χ0n) is 18.4. The number of nitrogens with one attached hydrogen (secondary N) is 2. The molecule has 2 aromatic rings. The summed E-state index contributed by atoms with van der Waals surface area (Å²) in [5, 5.41) is 5.60. The van der Waals surface area contributed by atoms with Crippen LogP contribution in [0.1, 0.15) is 30.0 Å². The smallest absolute Gasteiger partial charge is 0.325 e. The molecule has 7 heteroatoms. The van der Waals surface area contributed by atoms with Crippen LogP contribution in [0.25, 0.3) is 0 Å². The number of nitrogens with zero attached hydrogens (tertiary/aromatic N) is 2. The van der Waals surface area contributed by atoms with E-state index in [1.54, 1.807) is 6.92 Å². The first kappa shape index (κ1) is 22.5. The van der Waals surface area contributed by atoms with Crippen molar-refractivity contribution >= 4 is 17.8 Å². The number of rotatable bonds is 9. The summed E-state index contributed by atoms with van der Waals surface area (Å²) in [5.74, 6) is -0.730. The second-order valence-corrected chi connectivity index (χ2v) is 8.42. The number of hydrogen-bond donors (Lipinski definition) is 2. The lowest BCUT2D eigenvalue weighted by Gasteiger charge is -2.21. The highest BCUT2D eigenvalue weighted by atomic mass is 16.2. The third-order valence-electron chi connectivity index (χ3n) is 5.48. The molecule has 0 unspecified atom stereocenters. The molecule has 1 heterocycles. The Kier molecular flexibility index (Phi) is 7.07. The molecule has 7 nitrogen and oxygen atoms in total. The molecule has 0 aromatic heterocycles. The molecule has 1 fully saturated rings. The number of aryl methyl sites for hydroxylation is 1. The van der Waals surface area contributed by atoms with E-state index in [0.29, 0.717) is 19.4 Å². The van der Waals surface area contributed by atoms with Crippen molar-refractivity contribution in [3.05, 3.63) is 71.3 Å². The summed E-state index contributed by atoms with van der Waals surface area (Å²) in [6.07, 6.45) is 1.13. The fraction of sp³-hybridized carbons (Fsp3) is 0.375. The fourth-order valence-corrected chi connectivity index (χ4v) is 3.72. The molecule has 1 aliphatic heterocycles. The van der Waals surface area contributed by atoms with Crippen LogP contribution in [0.5, 0.6) is 0 Å². The molecule has 0 saturated carbocycles. The van der Waals surface area contributed by atoms with Gasteiger partial charge in [0.1, 0.15) is 12.1 Å². The molecule has 3 rings (SSSR count). The highest BCUT2D eigenvalue weighted by Gasteiger charge is 2.47. The van der Waals surface area contributed by atoms with Gasteiger partial charge in [0.15, 0.2) is 0 Å². The zero-order valence-corrected chi connectivity index (χ0v) is 18.4. The number of carbonyl (C=O) groups is 3. The van der Waals surface area contributed by atoms with Gasteiger partial charge in [0.2, 0.25) is 5.91 Å². The standard InChI is InChI=1S/C24H30N4O3/c1-24(14-13-18-9-5-4-6-10-18)22(30)28(23(31)26-24)17-21(29)25-15-19-11-7-8-12-20(19)16-27(2)3/h4-12H,13-17H2,1-3H3,(H,25,29)(H,26,31)/t24-/m0/s1. The molecule has 164 valence electrons. The van der Waals surface area contributed by atoms with Crippen molar-refractivity contribution < 1.29 is 14.4 Å². The van der Waals surface area contributed by atoms with Crippen LogP contribution in [0, 0.1) is 0 Å². The van der Waals surface area contributed by atoms with E-state index >= 15 is 0 Å². The Morgan fingerprint density at radius 2 is 1.68 bits per heavy atom. The SMILES string of the molecule is CN(C)Cc1ccccc1CNC(=O)CN1C(=O)N[C@@](C)(CCc2ccccc2)C1=O. The molecule has 0 radical (unpaired) electrons. The van der Waals surface area contributed by atoms with Gasteiger partial charge in [0.05, 0.1) is 0 Å². The van der Waals surface area contributed by atoms with Crippen LogP contribution in [-0.4, -0.2) is 53.8 Å².